The molecule has 0 radical (unpaired) electrons. The SMILES string of the molecule is Cc1ccncc1CNc1ccccc1OCCC(N)=O. The molecule has 3 N–H and O–H groups in total. The van der Waals surface area contributed by atoms with Crippen LogP contribution in [0, 0.1) is 6.92 Å². The van der Waals surface area contributed by atoms with Crippen LogP contribution in [0.3, 0.4) is 0 Å². The van der Waals surface area contributed by atoms with Crippen molar-refractivity contribution in [2.45, 2.75) is 19.9 Å². The Balaban J connectivity index is 1.99. The van der Waals surface area contributed by atoms with Crippen LogP contribution < -0.4 is 15.8 Å². The molecule has 0 aliphatic rings. The highest BCUT2D eigenvalue weighted by Crippen LogP contribution is 2.24. The number of hydrogen-bond donors (Lipinski definition) is 2. The first-order valence-corrected chi connectivity index (χ1v) is 6.80. The lowest BCUT2D eigenvalue weighted by molar-refractivity contribution is -0.118. The highest BCUT2D eigenvalue weighted by molar-refractivity contribution is 5.73. The molecular formula is C16H19N3O2. The molecule has 5 nitrogen and oxygen atoms in total. The number of para-hydroxylation sites is 2. The zero-order chi connectivity index (χ0) is 15.1. The molecule has 1 amide bonds. The lowest BCUT2D eigenvalue weighted by Crippen LogP contribution is -2.15. The van der Waals surface area contributed by atoms with Gasteiger partial charge in [-0.2, -0.15) is 0 Å². The molecule has 1 aromatic carbocycles. The number of nitrogens with one attached hydrogen (secondary N) is 1. The van der Waals surface area contributed by atoms with Gasteiger partial charge in [-0.15, -0.1) is 0 Å². The molecule has 110 valence electrons. The van der Waals surface area contributed by atoms with E-state index in [0.29, 0.717) is 12.3 Å². The molecule has 2 aromatic rings. The average Bonchev–Trinajstić information content (AvgIpc) is 2.47. The Bertz CT molecular complexity index is 614. The lowest BCUT2D eigenvalue weighted by atomic mass is 10.1. The quantitative estimate of drug-likeness (QED) is 0.818. The molecule has 1 heterocycles. The van der Waals surface area contributed by atoms with Crippen LogP contribution in [0.2, 0.25) is 0 Å². The second-order valence-electron chi connectivity index (χ2n) is 4.72. The first kappa shape index (κ1) is 14.8. The average molecular weight is 285 g/mol. The van der Waals surface area contributed by atoms with Gasteiger partial charge in [0, 0.05) is 18.9 Å². The summed E-state index contributed by atoms with van der Waals surface area (Å²) in [6.45, 7) is 2.99. The molecule has 0 aliphatic carbocycles. The third kappa shape index (κ3) is 4.49. The van der Waals surface area contributed by atoms with E-state index in [1.807, 2.05) is 43.5 Å². The van der Waals surface area contributed by atoms with Crippen LogP contribution in [0.15, 0.2) is 42.7 Å². The van der Waals surface area contributed by atoms with Gasteiger partial charge in [0.05, 0.1) is 18.7 Å². The van der Waals surface area contributed by atoms with Crippen LogP contribution in [0.25, 0.3) is 0 Å². The number of pyridine rings is 1. The van der Waals surface area contributed by atoms with Crippen LogP contribution in [-0.4, -0.2) is 17.5 Å². The van der Waals surface area contributed by atoms with Gasteiger partial charge in [0.1, 0.15) is 5.75 Å². The van der Waals surface area contributed by atoms with E-state index in [9.17, 15) is 4.79 Å². The summed E-state index contributed by atoms with van der Waals surface area (Å²) in [5, 5.41) is 3.33. The number of nitrogens with two attached hydrogens (primary N) is 1. The van der Waals surface area contributed by atoms with Crippen LogP contribution in [0.1, 0.15) is 17.5 Å². The van der Waals surface area contributed by atoms with Crippen molar-refractivity contribution in [1.82, 2.24) is 4.98 Å². The number of anilines is 1. The van der Waals surface area contributed by atoms with Crippen molar-refractivity contribution in [3.8, 4) is 5.75 Å². The van der Waals surface area contributed by atoms with Crippen molar-refractivity contribution >= 4 is 11.6 Å². The number of carbonyl (C=O) groups excluding carboxylic acids is 1. The molecule has 0 saturated heterocycles. The predicted octanol–water partition coefficient (Wildman–Crippen LogP) is 2.26. The van der Waals surface area contributed by atoms with Crippen LogP contribution in [-0.2, 0) is 11.3 Å². The molecule has 0 fully saturated rings. The number of nitrogens with zero attached hydrogens (tertiary/aromatic N) is 1. The summed E-state index contributed by atoms with van der Waals surface area (Å²) in [6, 6.07) is 9.59. The van der Waals surface area contributed by atoms with Crippen LogP contribution in [0.4, 0.5) is 5.69 Å². The third-order valence-electron chi connectivity index (χ3n) is 3.11. The Morgan fingerprint density at radius 1 is 1.33 bits per heavy atom. The van der Waals surface area contributed by atoms with Crippen molar-refractivity contribution in [3.63, 3.8) is 0 Å². The van der Waals surface area contributed by atoms with Crippen molar-refractivity contribution in [2.24, 2.45) is 5.73 Å². The van der Waals surface area contributed by atoms with E-state index < -0.39 is 0 Å². The van der Waals surface area contributed by atoms with Gasteiger partial charge in [-0.25, -0.2) is 0 Å². The van der Waals surface area contributed by atoms with Crippen molar-refractivity contribution < 1.29 is 9.53 Å². The minimum atomic E-state index is -0.369. The number of rotatable bonds is 7. The summed E-state index contributed by atoms with van der Waals surface area (Å²) in [5.41, 5.74) is 8.30. The fraction of sp³-hybridized carbons (Fsp3) is 0.250. The maximum atomic E-state index is 10.7. The molecule has 21 heavy (non-hydrogen) atoms. The smallest absolute Gasteiger partial charge is 0.220 e. The maximum Gasteiger partial charge on any atom is 0.220 e. The molecular weight excluding hydrogens is 266 g/mol. The predicted molar refractivity (Wildman–Crippen MR) is 82.0 cm³/mol. The Hall–Kier alpha value is -2.56. The molecule has 0 spiro atoms. The zero-order valence-corrected chi connectivity index (χ0v) is 12.0. The Morgan fingerprint density at radius 2 is 2.14 bits per heavy atom. The van der Waals surface area contributed by atoms with Gasteiger partial charge in [0.15, 0.2) is 0 Å². The molecule has 0 aliphatic heterocycles. The summed E-state index contributed by atoms with van der Waals surface area (Å²) >= 11 is 0. The molecule has 0 saturated carbocycles. The number of amides is 1. The van der Waals surface area contributed by atoms with Gasteiger partial charge in [0.2, 0.25) is 5.91 Å². The molecule has 0 bridgehead atoms. The van der Waals surface area contributed by atoms with Crippen molar-refractivity contribution in [2.75, 3.05) is 11.9 Å². The monoisotopic (exact) mass is 285 g/mol. The van der Waals surface area contributed by atoms with E-state index in [1.54, 1.807) is 6.20 Å². The second-order valence-corrected chi connectivity index (χ2v) is 4.72. The minimum Gasteiger partial charge on any atom is -0.491 e. The largest absolute Gasteiger partial charge is 0.491 e. The van der Waals surface area contributed by atoms with Gasteiger partial charge < -0.3 is 15.8 Å². The van der Waals surface area contributed by atoms with Crippen molar-refractivity contribution in [1.29, 1.82) is 0 Å². The van der Waals surface area contributed by atoms with E-state index in [0.717, 1.165) is 11.3 Å². The molecule has 5 heteroatoms. The number of aromatic nitrogens is 1. The summed E-state index contributed by atoms with van der Waals surface area (Å²) < 4.78 is 5.59. The van der Waals surface area contributed by atoms with E-state index >= 15 is 0 Å². The maximum absolute atomic E-state index is 10.7. The Labute approximate surface area is 124 Å². The number of carbonyl (C=O) groups is 1. The summed E-state index contributed by atoms with van der Waals surface area (Å²) in [6.07, 6.45) is 3.83. The van der Waals surface area contributed by atoms with Crippen molar-refractivity contribution in [3.05, 3.63) is 53.9 Å². The number of hydrogen-bond acceptors (Lipinski definition) is 4. The summed E-state index contributed by atoms with van der Waals surface area (Å²) in [7, 11) is 0. The van der Waals surface area contributed by atoms with Gasteiger partial charge in [-0.05, 0) is 36.2 Å². The molecule has 2 rings (SSSR count). The summed E-state index contributed by atoms with van der Waals surface area (Å²) in [4.78, 5) is 14.9. The normalized spacial score (nSPS) is 10.1. The van der Waals surface area contributed by atoms with E-state index in [-0.39, 0.29) is 18.9 Å². The zero-order valence-electron chi connectivity index (χ0n) is 12.0. The number of ether oxygens (including phenoxy) is 1. The van der Waals surface area contributed by atoms with E-state index in [1.165, 1.54) is 5.56 Å². The van der Waals surface area contributed by atoms with Gasteiger partial charge in [-0.3, -0.25) is 9.78 Å². The van der Waals surface area contributed by atoms with Crippen LogP contribution in [0.5, 0.6) is 5.75 Å². The van der Waals surface area contributed by atoms with Gasteiger partial charge in [0.25, 0.3) is 0 Å². The lowest BCUT2D eigenvalue weighted by Gasteiger charge is -2.13. The van der Waals surface area contributed by atoms with E-state index in [4.69, 9.17) is 10.5 Å². The molecule has 0 unspecified atom stereocenters. The summed E-state index contributed by atoms with van der Waals surface area (Å²) in [5.74, 6) is 0.340. The van der Waals surface area contributed by atoms with Gasteiger partial charge in [-0.1, -0.05) is 12.1 Å². The number of primary amides is 1. The first-order chi connectivity index (χ1) is 10.2. The fourth-order valence-corrected chi connectivity index (χ4v) is 1.87. The molecule has 1 aromatic heterocycles. The number of aryl methyl sites for hydroxylation is 1. The Kier molecular flexibility index (Phi) is 5.15. The first-order valence-electron chi connectivity index (χ1n) is 6.80. The standard InChI is InChI=1S/C16H19N3O2/c1-12-6-8-18-10-13(12)11-19-14-4-2-3-5-15(14)21-9-7-16(17)20/h2-6,8,10,19H,7,9,11H2,1H3,(H2,17,20). The molecule has 0 atom stereocenters. The highest BCUT2D eigenvalue weighted by Gasteiger charge is 2.04. The fourth-order valence-electron chi connectivity index (χ4n) is 1.87. The second kappa shape index (κ2) is 7.28. The van der Waals surface area contributed by atoms with Crippen LogP contribution >= 0.6 is 0 Å². The van der Waals surface area contributed by atoms with E-state index in [2.05, 4.69) is 10.3 Å². The Morgan fingerprint density at radius 3 is 2.90 bits per heavy atom. The number of benzene rings is 1. The minimum absolute atomic E-state index is 0.204. The third-order valence-corrected chi connectivity index (χ3v) is 3.11. The topological polar surface area (TPSA) is 77.2 Å². The highest BCUT2D eigenvalue weighted by atomic mass is 16.5. The van der Waals surface area contributed by atoms with Gasteiger partial charge >= 0.3 is 0 Å².